The topological polar surface area (TPSA) is 81.2 Å². The zero-order chi connectivity index (χ0) is 25.1. The second-order valence-corrected chi connectivity index (χ2v) is 12.0. The first-order chi connectivity index (χ1) is 16.2. The molecule has 2 unspecified atom stereocenters. The third-order valence-corrected chi connectivity index (χ3v) is 9.79. The Morgan fingerprint density at radius 3 is 2.50 bits per heavy atom. The van der Waals surface area contributed by atoms with Crippen LogP contribution in [0.3, 0.4) is 0 Å². The number of unbranched alkanes of at least 4 members (excludes halogenated alkanes) is 2. The fraction of sp³-hybridized carbons (Fsp3) is 0.731. The van der Waals surface area contributed by atoms with Crippen LogP contribution in [0.5, 0.6) is 0 Å². The number of hydrogen-bond donors (Lipinski definition) is 1. The molecule has 7 nitrogen and oxygen atoms in total. The fourth-order valence-electron chi connectivity index (χ4n) is 6.21. The van der Waals surface area contributed by atoms with Gasteiger partial charge < -0.3 is 19.8 Å². The summed E-state index contributed by atoms with van der Waals surface area (Å²) >= 11 is 1.71. The summed E-state index contributed by atoms with van der Waals surface area (Å²) in [6, 6.07) is -0.588. The van der Waals surface area contributed by atoms with Gasteiger partial charge in [0.2, 0.25) is 17.7 Å². The summed E-state index contributed by atoms with van der Waals surface area (Å²) in [4.78, 5) is 46.9. The number of likely N-dealkylation sites (N-methyl/N-ethyl adjacent to an activating group) is 1. The Hall–Kier alpha value is -1.80. The lowest BCUT2D eigenvalue weighted by molar-refractivity contribution is -0.145. The number of aliphatic hydroxyl groups is 1. The molecule has 0 radical (unpaired) electrons. The van der Waals surface area contributed by atoms with Crippen LogP contribution in [0.15, 0.2) is 25.3 Å². The SMILES string of the molecule is C=CCN(C)C(=O)[C@@H]1[C@H]2C(=O)N(CCCCO)C(C(=O)N(CC=C)CCCC)C23CC[C@@]1(C)S3. The number of thioether (sulfide) groups is 1. The summed E-state index contributed by atoms with van der Waals surface area (Å²) in [5.41, 5.74) is 0. The summed E-state index contributed by atoms with van der Waals surface area (Å²) in [5, 5.41) is 9.31. The van der Waals surface area contributed by atoms with Crippen molar-refractivity contribution in [3.8, 4) is 0 Å². The number of aliphatic hydroxyl groups excluding tert-OH is 1. The fourth-order valence-corrected chi connectivity index (χ4v) is 8.55. The van der Waals surface area contributed by atoms with Gasteiger partial charge in [-0.25, -0.2) is 0 Å². The molecule has 2 bridgehead atoms. The first kappa shape index (κ1) is 26.8. The number of fused-ring (bicyclic) bond motifs is 1. The first-order valence-corrected chi connectivity index (χ1v) is 13.4. The van der Waals surface area contributed by atoms with Crippen LogP contribution in [0.1, 0.15) is 52.4 Å². The van der Waals surface area contributed by atoms with Gasteiger partial charge in [-0.15, -0.1) is 24.9 Å². The highest BCUT2D eigenvalue weighted by atomic mass is 32.2. The quantitative estimate of drug-likeness (QED) is 0.317. The molecular formula is C26H41N3O4S. The molecule has 0 aromatic rings. The average molecular weight is 492 g/mol. The van der Waals surface area contributed by atoms with Crippen LogP contribution in [0.25, 0.3) is 0 Å². The van der Waals surface area contributed by atoms with Crippen LogP contribution < -0.4 is 0 Å². The summed E-state index contributed by atoms with van der Waals surface area (Å²) < 4.78 is -0.960. The Bertz CT molecular complexity index is 820. The lowest BCUT2D eigenvalue weighted by Gasteiger charge is -2.37. The highest BCUT2D eigenvalue weighted by Crippen LogP contribution is 2.71. The summed E-state index contributed by atoms with van der Waals surface area (Å²) in [5.74, 6) is -1.10. The summed E-state index contributed by atoms with van der Waals surface area (Å²) in [7, 11) is 1.76. The maximum atomic E-state index is 14.1. The van der Waals surface area contributed by atoms with Crippen molar-refractivity contribution in [1.29, 1.82) is 0 Å². The van der Waals surface area contributed by atoms with Crippen molar-refractivity contribution in [1.82, 2.24) is 14.7 Å². The second kappa shape index (κ2) is 10.9. The Morgan fingerprint density at radius 2 is 1.88 bits per heavy atom. The van der Waals surface area contributed by atoms with E-state index in [2.05, 4.69) is 27.0 Å². The van der Waals surface area contributed by atoms with Gasteiger partial charge in [-0.3, -0.25) is 14.4 Å². The smallest absolute Gasteiger partial charge is 0.247 e. The van der Waals surface area contributed by atoms with Gasteiger partial charge in [-0.05, 0) is 39.0 Å². The zero-order valence-electron chi connectivity index (χ0n) is 21.0. The van der Waals surface area contributed by atoms with Gasteiger partial charge in [0.25, 0.3) is 0 Å². The largest absolute Gasteiger partial charge is 0.396 e. The maximum Gasteiger partial charge on any atom is 0.247 e. The molecule has 190 valence electrons. The molecule has 0 aliphatic carbocycles. The summed E-state index contributed by atoms with van der Waals surface area (Å²) in [6.07, 6.45) is 8.06. The number of hydrogen-bond acceptors (Lipinski definition) is 5. The molecule has 1 N–H and O–H groups in total. The monoisotopic (exact) mass is 491 g/mol. The molecule has 0 aromatic carbocycles. The van der Waals surface area contributed by atoms with Crippen molar-refractivity contribution >= 4 is 29.5 Å². The molecule has 3 fully saturated rings. The van der Waals surface area contributed by atoms with Crippen LogP contribution in [0, 0.1) is 11.8 Å². The number of carbonyl (C=O) groups excluding carboxylic acids is 3. The second-order valence-electron chi connectivity index (χ2n) is 10.1. The highest BCUT2D eigenvalue weighted by Gasteiger charge is 2.77. The molecule has 3 heterocycles. The van der Waals surface area contributed by atoms with E-state index in [4.69, 9.17) is 0 Å². The van der Waals surface area contributed by atoms with Gasteiger partial charge in [0.15, 0.2) is 0 Å². The normalized spacial score (nSPS) is 31.5. The van der Waals surface area contributed by atoms with Gasteiger partial charge in [-0.1, -0.05) is 25.5 Å². The minimum atomic E-state index is -0.594. The predicted octanol–water partition coefficient (Wildman–Crippen LogP) is 2.70. The van der Waals surface area contributed by atoms with E-state index in [9.17, 15) is 19.5 Å². The maximum absolute atomic E-state index is 14.1. The van der Waals surface area contributed by atoms with E-state index in [-0.39, 0.29) is 29.1 Å². The molecular weight excluding hydrogens is 450 g/mol. The Labute approximate surface area is 208 Å². The van der Waals surface area contributed by atoms with Crippen molar-refractivity contribution in [3.63, 3.8) is 0 Å². The Balaban J connectivity index is 2.03. The molecule has 3 saturated heterocycles. The van der Waals surface area contributed by atoms with Crippen LogP contribution >= 0.6 is 11.8 Å². The summed E-state index contributed by atoms with van der Waals surface area (Å²) in [6.45, 7) is 13.8. The van der Waals surface area contributed by atoms with Gasteiger partial charge in [0.05, 0.1) is 16.6 Å². The van der Waals surface area contributed by atoms with Crippen LogP contribution in [0.4, 0.5) is 0 Å². The lowest BCUT2D eigenvalue weighted by Crippen LogP contribution is -2.55. The van der Waals surface area contributed by atoms with Crippen LogP contribution in [-0.2, 0) is 14.4 Å². The zero-order valence-corrected chi connectivity index (χ0v) is 21.8. The van der Waals surface area contributed by atoms with Gasteiger partial charge in [-0.2, -0.15) is 0 Å². The number of nitrogens with zero attached hydrogens (tertiary/aromatic N) is 3. The Kier molecular flexibility index (Phi) is 8.56. The minimum absolute atomic E-state index is 0.0301. The van der Waals surface area contributed by atoms with E-state index in [1.807, 2.05) is 4.90 Å². The van der Waals surface area contributed by atoms with E-state index in [1.54, 1.807) is 40.8 Å². The van der Waals surface area contributed by atoms with E-state index in [0.29, 0.717) is 39.0 Å². The van der Waals surface area contributed by atoms with Crippen molar-refractivity contribution in [2.24, 2.45) is 11.8 Å². The van der Waals surface area contributed by atoms with Gasteiger partial charge in [0.1, 0.15) is 6.04 Å². The van der Waals surface area contributed by atoms with E-state index in [1.165, 1.54) is 0 Å². The van der Waals surface area contributed by atoms with Gasteiger partial charge in [0, 0.05) is 44.6 Å². The van der Waals surface area contributed by atoms with Crippen molar-refractivity contribution in [2.45, 2.75) is 67.9 Å². The van der Waals surface area contributed by atoms with E-state index >= 15 is 0 Å². The van der Waals surface area contributed by atoms with E-state index < -0.39 is 22.6 Å². The molecule has 3 rings (SSSR count). The highest BCUT2D eigenvalue weighted by molar-refractivity contribution is 8.02. The number of likely N-dealkylation sites (tertiary alicyclic amines) is 1. The molecule has 8 heteroatoms. The average Bonchev–Trinajstić information content (AvgIpc) is 3.37. The molecule has 1 spiro atoms. The lowest BCUT2D eigenvalue weighted by atomic mass is 9.66. The van der Waals surface area contributed by atoms with Crippen molar-refractivity contribution in [2.75, 3.05) is 39.8 Å². The number of rotatable bonds is 13. The van der Waals surface area contributed by atoms with Crippen LogP contribution in [0.2, 0.25) is 0 Å². The minimum Gasteiger partial charge on any atom is -0.396 e. The molecule has 0 saturated carbocycles. The third-order valence-electron chi connectivity index (χ3n) is 7.81. The molecule has 34 heavy (non-hydrogen) atoms. The molecule has 0 aromatic heterocycles. The van der Waals surface area contributed by atoms with Gasteiger partial charge >= 0.3 is 0 Å². The molecule has 3 aliphatic heterocycles. The first-order valence-electron chi connectivity index (χ1n) is 12.6. The third kappa shape index (κ3) is 4.43. The molecule has 3 amide bonds. The Morgan fingerprint density at radius 1 is 1.18 bits per heavy atom. The standard InChI is InChI=1S/C26H41N3O4S/c1-6-9-16-28(15-8-3)24(33)21-26-13-12-25(4,34-26)19(22(31)27(5)14-7-2)20(26)23(32)29(21)17-10-11-18-30/h7-8,19-21,30H,2-3,6,9-18H2,1,4-5H3/t19-,20-,21?,25+,26?/m0/s1. The number of carbonyl (C=O) groups is 3. The van der Waals surface area contributed by atoms with Crippen molar-refractivity contribution in [3.05, 3.63) is 25.3 Å². The van der Waals surface area contributed by atoms with Crippen molar-refractivity contribution < 1.29 is 19.5 Å². The molecule has 3 aliphatic rings. The van der Waals surface area contributed by atoms with Crippen LogP contribution in [-0.4, -0.2) is 92.9 Å². The molecule has 5 atom stereocenters. The predicted molar refractivity (Wildman–Crippen MR) is 136 cm³/mol. The van der Waals surface area contributed by atoms with E-state index in [0.717, 1.165) is 25.7 Å². The number of amides is 3.